The average molecular weight is 320 g/mol. The van der Waals surface area contributed by atoms with E-state index in [1.165, 1.54) is 7.11 Å². The van der Waals surface area contributed by atoms with Gasteiger partial charge in [0.05, 0.1) is 18.6 Å². The van der Waals surface area contributed by atoms with E-state index in [4.69, 9.17) is 16.3 Å². The Labute approximate surface area is 126 Å². The van der Waals surface area contributed by atoms with Gasteiger partial charge in [0.15, 0.2) is 0 Å². The maximum Gasteiger partial charge on any atom is 0.232 e. The molecule has 0 spiro atoms. The first-order valence-electron chi connectivity index (χ1n) is 6.44. The van der Waals surface area contributed by atoms with E-state index in [9.17, 15) is 8.42 Å². The Kier molecular flexibility index (Phi) is 5.71. The third-order valence-electron chi connectivity index (χ3n) is 2.88. The summed E-state index contributed by atoms with van der Waals surface area (Å²) in [5.41, 5.74) is 1.44. The Morgan fingerprint density at radius 3 is 2.45 bits per heavy atom. The molecule has 0 radical (unpaired) electrons. The van der Waals surface area contributed by atoms with E-state index in [1.54, 1.807) is 6.07 Å². The number of anilines is 1. The van der Waals surface area contributed by atoms with Crippen LogP contribution in [0.4, 0.5) is 5.69 Å². The van der Waals surface area contributed by atoms with Crippen LogP contribution < -0.4 is 9.46 Å². The molecule has 0 saturated carbocycles. The molecule has 1 aromatic rings. The Morgan fingerprint density at radius 2 is 1.95 bits per heavy atom. The highest BCUT2D eigenvalue weighted by Crippen LogP contribution is 2.32. The molecule has 1 rings (SSSR count). The highest BCUT2D eigenvalue weighted by Gasteiger charge is 2.18. The molecule has 0 bridgehead atoms. The second kappa shape index (κ2) is 6.68. The van der Waals surface area contributed by atoms with Crippen LogP contribution in [-0.4, -0.2) is 27.2 Å². The van der Waals surface area contributed by atoms with Crippen molar-refractivity contribution in [2.75, 3.05) is 23.5 Å². The van der Waals surface area contributed by atoms with Crippen LogP contribution in [0.3, 0.4) is 0 Å². The molecule has 0 saturated heterocycles. The molecule has 114 valence electrons. The van der Waals surface area contributed by atoms with Gasteiger partial charge >= 0.3 is 0 Å². The molecule has 0 aromatic heterocycles. The summed E-state index contributed by atoms with van der Waals surface area (Å²) < 4.78 is 31.7. The lowest BCUT2D eigenvalue weighted by Gasteiger charge is -2.21. The Bertz CT molecular complexity index is 550. The lowest BCUT2D eigenvalue weighted by atomic mass is 9.87. The van der Waals surface area contributed by atoms with Crippen molar-refractivity contribution in [1.82, 2.24) is 0 Å². The van der Waals surface area contributed by atoms with E-state index in [0.29, 0.717) is 23.7 Å². The van der Waals surface area contributed by atoms with Crippen LogP contribution in [-0.2, 0) is 15.4 Å². The molecule has 0 unspecified atom stereocenters. The fraction of sp³-hybridized carbons (Fsp3) is 0.571. The number of hydrogen-bond acceptors (Lipinski definition) is 3. The summed E-state index contributed by atoms with van der Waals surface area (Å²) in [5, 5.41) is 0. The van der Waals surface area contributed by atoms with E-state index < -0.39 is 10.0 Å². The van der Waals surface area contributed by atoms with Crippen LogP contribution in [0.2, 0.25) is 0 Å². The summed E-state index contributed by atoms with van der Waals surface area (Å²) in [6, 6.07) is 5.53. The van der Waals surface area contributed by atoms with E-state index in [2.05, 4.69) is 25.5 Å². The van der Waals surface area contributed by atoms with Crippen molar-refractivity contribution in [3.8, 4) is 5.75 Å². The van der Waals surface area contributed by atoms with Gasteiger partial charge in [-0.3, -0.25) is 4.72 Å². The molecule has 0 heterocycles. The Morgan fingerprint density at radius 1 is 1.30 bits per heavy atom. The van der Waals surface area contributed by atoms with Gasteiger partial charge in [-0.05, 0) is 29.5 Å². The Hall–Kier alpha value is -0.940. The fourth-order valence-corrected chi connectivity index (χ4v) is 3.13. The molecule has 0 atom stereocenters. The van der Waals surface area contributed by atoms with Crippen molar-refractivity contribution in [3.63, 3.8) is 0 Å². The van der Waals surface area contributed by atoms with Crippen molar-refractivity contribution in [2.45, 2.75) is 32.6 Å². The zero-order valence-corrected chi connectivity index (χ0v) is 13.9. The summed E-state index contributed by atoms with van der Waals surface area (Å²) in [6.45, 7) is 6.21. The fourth-order valence-electron chi connectivity index (χ4n) is 1.72. The number of nitrogens with one attached hydrogen (secondary N) is 1. The molecule has 0 fully saturated rings. The van der Waals surface area contributed by atoms with Crippen LogP contribution >= 0.6 is 11.6 Å². The lowest BCUT2D eigenvalue weighted by molar-refractivity contribution is 0.416. The summed E-state index contributed by atoms with van der Waals surface area (Å²) in [5.74, 6) is 0.826. The van der Waals surface area contributed by atoms with Crippen molar-refractivity contribution < 1.29 is 13.2 Å². The largest absolute Gasteiger partial charge is 0.495 e. The maximum absolute atomic E-state index is 12.0. The number of halogens is 1. The van der Waals surface area contributed by atoms with Gasteiger partial charge in [-0.1, -0.05) is 26.8 Å². The van der Waals surface area contributed by atoms with Crippen LogP contribution in [0, 0.1) is 0 Å². The first-order valence-corrected chi connectivity index (χ1v) is 8.63. The van der Waals surface area contributed by atoms with Gasteiger partial charge in [-0.15, -0.1) is 11.6 Å². The van der Waals surface area contributed by atoms with Crippen LogP contribution in [0.15, 0.2) is 18.2 Å². The van der Waals surface area contributed by atoms with Crippen molar-refractivity contribution in [1.29, 1.82) is 0 Å². The highest BCUT2D eigenvalue weighted by atomic mass is 35.5. The average Bonchev–Trinajstić information content (AvgIpc) is 2.35. The van der Waals surface area contributed by atoms with Gasteiger partial charge in [0.25, 0.3) is 0 Å². The number of alkyl halides is 1. The summed E-state index contributed by atoms with van der Waals surface area (Å²) in [6.07, 6.45) is 0.415. The number of sulfonamides is 1. The lowest BCUT2D eigenvalue weighted by Crippen LogP contribution is -2.18. The molecule has 1 aromatic carbocycles. The topological polar surface area (TPSA) is 55.4 Å². The van der Waals surface area contributed by atoms with Gasteiger partial charge in [-0.2, -0.15) is 0 Å². The molecule has 0 aliphatic carbocycles. The molecular formula is C14H22ClNO3S. The highest BCUT2D eigenvalue weighted by molar-refractivity contribution is 7.92. The summed E-state index contributed by atoms with van der Waals surface area (Å²) >= 11 is 5.54. The van der Waals surface area contributed by atoms with Crippen LogP contribution in [0.5, 0.6) is 5.75 Å². The first kappa shape index (κ1) is 17.1. The zero-order chi connectivity index (χ0) is 15.4. The van der Waals surface area contributed by atoms with Gasteiger partial charge in [-0.25, -0.2) is 8.42 Å². The maximum atomic E-state index is 12.0. The molecule has 0 amide bonds. The summed E-state index contributed by atoms with van der Waals surface area (Å²) in [7, 11) is -1.89. The number of rotatable bonds is 6. The number of methoxy groups -OCH3 is 1. The van der Waals surface area contributed by atoms with Crippen LogP contribution in [0.1, 0.15) is 32.8 Å². The van der Waals surface area contributed by atoms with Gasteiger partial charge in [0.1, 0.15) is 5.75 Å². The van der Waals surface area contributed by atoms with Crippen molar-refractivity contribution in [2.24, 2.45) is 0 Å². The SMILES string of the molecule is COc1ccc(C(C)(C)C)cc1NS(=O)(=O)CCCCl. The molecule has 6 heteroatoms. The molecule has 0 aliphatic rings. The second-order valence-corrected chi connectivity index (χ2v) is 7.85. The quantitative estimate of drug-likeness (QED) is 0.818. The third kappa shape index (κ3) is 4.87. The third-order valence-corrected chi connectivity index (χ3v) is 4.50. The Balaban J connectivity index is 3.09. The van der Waals surface area contributed by atoms with Crippen LogP contribution in [0.25, 0.3) is 0 Å². The minimum atomic E-state index is -3.41. The first-order chi connectivity index (χ1) is 9.19. The molecule has 1 N–H and O–H groups in total. The minimum Gasteiger partial charge on any atom is -0.495 e. The molecule has 4 nitrogen and oxygen atoms in total. The smallest absolute Gasteiger partial charge is 0.232 e. The minimum absolute atomic E-state index is 0.000595. The number of ether oxygens (including phenoxy) is 1. The van der Waals surface area contributed by atoms with Gasteiger partial charge < -0.3 is 4.74 Å². The van der Waals surface area contributed by atoms with E-state index in [0.717, 1.165) is 5.56 Å². The zero-order valence-electron chi connectivity index (χ0n) is 12.4. The predicted octanol–water partition coefficient (Wildman–Crippen LogP) is 3.36. The second-order valence-electron chi connectivity index (χ2n) is 5.63. The van der Waals surface area contributed by atoms with E-state index >= 15 is 0 Å². The van der Waals surface area contributed by atoms with Gasteiger partial charge in [0.2, 0.25) is 10.0 Å². The molecule has 20 heavy (non-hydrogen) atoms. The number of hydrogen-bond donors (Lipinski definition) is 1. The van der Waals surface area contributed by atoms with E-state index in [1.807, 2.05) is 12.1 Å². The number of benzene rings is 1. The molecular weight excluding hydrogens is 298 g/mol. The predicted molar refractivity (Wildman–Crippen MR) is 84.4 cm³/mol. The van der Waals surface area contributed by atoms with E-state index in [-0.39, 0.29) is 11.2 Å². The normalized spacial score (nSPS) is 12.2. The van der Waals surface area contributed by atoms with Crippen molar-refractivity contribution in [3.05, 3.63) is 23.8 Å². The molecule has 0 aliphatic heterocycles. The standard InChI is InChI=1S/C14H22ClNO3S/c1-14(2,3)11-6-7-13(19-4)12(10-11)16-20(17,18)9-5-8-15/h6-7,10,16H,5,8-9H2,1-4H3. The van der Waals surface area contributed by atoms with Gasteiger partial charge in [0, 0.05) is 5.88 Å². The van der Waals surface area contributed by atoms with Crippen molar-refractivity contribution >= 4 is 27.3 Å². The summed E-state index contributed by atoms with van der Waals surface area (Å²) in [4.78, 5) is 0. The monoisotopic (exact) mass is 319 g/mol.